The third-order valence-electron chi connectivity index (χ3n) is 5.30. The number of methoxy groups -OCH3 is 1. The van der Waals surface area contributed by atoms with Crippen molar-refractivity contribution in [1.82, 2.24) is 9.55 Å². The number of rotatable bonds is 6. The number of nitro benzene ring substituents is 1. The number of aromatic nitrogens is 2. The minimum absolute atomic E-state index is 0.0149. The molecule has 2 aromatic carbocycles. The Morgan fingerprint density at radius 1 is 1.24 bits per heavy atom. The predicted molar refractivity (Wildman–Crippen MR) is 113 cm³/mol. The van der Waals surface area contributed by atoms with Gasteiger partial charge in [-0.25, -0.2) is 4.98 Å². The first-order valence-electron chi connectivity index (χ1n) is 9.54. The highest BCUT2D eigenvalue weighted by Crippen LogP contribution is 2.35. The van der Waals surface area contributed by atoms with E-state index in [0.29, 0.717) is 33.1 Å². The van der Waals surface area contributed by atoms with Crippen LogP contribution in [0.4, 0.5) is 5.69 Å². The van der Waals surface area contributed by atoms with E-state index in [1.54, 1.807) is 6.07 Å². The molecular weight excluding hydrogens is 390 g/mol. The molecule has 150 valence electrons. The van der Waals surface area contributed by atoms with E-state index < -0.39 is 4.92 Å². The summed E-state index contributed by atoms with van der Waals surface area (Å²) in [5, 5.41) is 12.4. The minimum Gasteiger partial charge on any atom is -0.496 e. The molecule has 0 radical (unpaired) electrons. The molecule has 0 spiro atoms. The number of nitrogens with zero attached hydrogens (tertiary/aromatic N) is 3. The van der Waals surface area contributed by atoms with Gasteiger partial charge in [0.1, 0.15) is 5.75 Å². The van der Waals surface area contributed by atoms with E-state index in [1.807, 2.05) is 28.8 Å². The van der Waals surface area contributed by atoms with Crippen LogP contribution in [0.1, 0.15) is 37.3 Å². The Balaban J connectivity index is 1.74. The number of para-hydroxylation sites is 1. The van der Waals surface area contributed by atoms with Crippen molar-refractivity contribution in [1.29, 1.82) is 0 Å². The number of ether oxygens (including phenoxy) is 1. The van der Waals surface area contributed by atoms with Crippen LogP contribution in [-0.2, 0) is 5.75 Å². The number of hydrogen-bond acceptors (Lipinski definition) is 6. The van der Waals surface area contributed by atoms with Gasteiger partial charge in [0.05, 0.1) is 22.9 Å². The molecule has 4 rings (SSSR count). The van der Waals surface area contributed by atoms with Gasteiger partial charge in [-0.15, -0.1) is 0 Å². The van der Waals surface area contributed by atoms with Crippen molar-refractivity contribution in [2.45, 2.75) is 42.6 Å². The van der Waals surface area contributed by atoms with Crippen LogP contribution in [0.15, 0.2) is 52.4 Å². The van der Waals surface area contributed by atoms with Crippen LogP contribution in [0, 0.1) is 10.1 Å². The largest absolute Gasteiger partial charge is 0.496 e. The number of hydrogen-bond donors (Lipinski definition) is 0. The lowest BCUT2D eigenvalue weighted by molar-refractivity contribution is -0.384. The van der Waals surface area contributed by atoms with Crippen molar-refractivity contribution in [2.75, 3.05) is 7.11 Å². The van der Waals surface area contributed by atoms with Gasteiger partial charge in [0.2, 0.25) is 0 Å². The van der Waals surface area contributed by atoms with Crippen LogP contribution < -0.4 is 10.3 Å². The first-order chi connectivity index (χ1) is 14.1. The number of non-ortho nitro benzene ring substituents is 1. The summed E-state index contributed by atoms with van der Waals surface area (Å²) in [5.41, 5.74) is 1.37. The topological polar surface area (TPSA) is 87.3 Å². The summed E-state index contributed by atoms with van der Waals surface area (Å²) < 4.78 is 7.19. The van der Waals surface area contributed by atoms with Crippen molar-refractivity contribution in [3.63, 3.8) is 0 Å². The van der Waals surface area contributed by atoms with E-state index in [-0.39, 0.29) is 17.3 Å². The molecule has 0 N–H and O–H groups in total. The van der Waals surface area contributed by atoms with E-state index in [1.165, 1.54) is 31.0 Å². The molecule has 0 bridgehead atoms. The lowest BCUT2D eigenvalue weighted by Crippen LogP contribution is -2.26. The SMILES string of the molecule is COc1ccc([N+](=O)[O-])cc1CSc1nc2ccccc2c(=O)n1C1CCCC1. The van der Waals surface area contributed by atoms with Gasteiger partial charge in [-0.1, -0.05) is 36.7 Å². The summed E-state index contributed by atoms with van der Waals surface area (Å²) in [6, 6.07) is 12.1. The zero-order valence-corrected chi connectivity index (χ0v) is 16.9. The molecule has 0 amide bonds. The van der Waals surface area contributed by atoms with Crippen LogP contribution in [0.2, 0.25) is 0 Å². The van der Waals surface area contributed by atoms with Crippen LogP contribution in [-0.4, -0.2) is 21.6 Å². The number of benzene rings is 2. The molecule has 8 heteroatoms. The monoisotopic (exact) mass is 411 g/mol. The lowest BCUT2D eigenvalue weighted by Gasteiger charge is -2.19. The Morgan fingerprint density at radius 3 is 2.72 bits per heavy atom. The smallest absolute Gasteiger partial charge is 0.270 e. The van der Waals surface area contributed by atoms with Gasteiger partial charge in [-0.3, -0.25) is 19.5 Å². The number of thioether (sulfide) groups is 1. The van der Waals surface area contributed by atoms with Crippen molar-refractivity contribution in [2.24, 2.45) is 0 Å². The number of fused-ring (bicyclic) bond motifs is 1. The average molecular weight is 411 g/mol. The van der Waals surface area contributed by atoms with Gasteiger partial charge < -0.3 is 4.74 Å². The van der Waals surface area contributed by atoms with Crippen molar-refractivity contribution >= 4 is 28.4 Å². The second-order valence-electron chi connectivity index (χ2n) is 7.07. The zero-order chi connectivity index (χ0) is 20.4. The quantitative estimate of drug-likeness (QED) is 0.252. The average Bonchev–Trinajstić information content (AvgIpc) is 3.26. The summed E-state index contributed by atoms with van der Waals surface area (Å²) in [4.78, 5) is 28.7. The maximum Gasteiger partial charge on any atom is 0.270 e. The van der Waals surface area contributed by atoms with E-state index in [2.05, 4.69) is 0 Å². The Hall–Kier alpha value is -2.87. The summed E-state index contributed by atoms with van der Waals surface area (Å²) in [5.74, 6) is 1.00. The van der Waals surface area contributed by atoms with Gasteiger partial charge in [-0.05, 0) is 31.0 Å². The molecule has 29 heavy (non-hydrogen) atoms. The molecule has 7 nitrogen and oxygen atoms in total. The van der Waals surface area contributed by atoms with Gasteiger partial charge >= 0.3 is 0 Å². The normalized spacial score (nSPS) is 14.4. The highest BCUT2D eigenvalue weighted by molar-refractivity contribution is 7.98. The van der Waals surface area contributed by atoms with Crippen molar-refractivity contribution in [3.05, 3.63) is 68.5 Å². The Bertz CT molecular complexity index is 1120. The molecule has 1 aliphatic carbocycles. The lowest BCUT2D eigenvalue weighted by atomic mass is 10.2. The molecule has 1 heterocycles. The van der Waals surface area contributed by atoms with E-state index in [4.69, 9.17) is 9.72 Å². The fraction of sp³-hybridized carbons (Fsp3) is 0.333. The first-order valence-corrected chi connectivity index (χ1v) is 10.5. The van der Waals surface area contributed by atoms with Gasteiger partial charge in [0, 0.05) is 29.5 Å². The van der Waals surface area contributed by atoms with Crippen LogP contribution in [0.3, 0.4) is 0 Å². The Kier molecular flexibility index (Phi) is 5.53. The summed E-state index contributed by atoms with van der Waals surface area (Å²) in [7, 11) is 1.54. The third kappa shape index (κ3) is 3.85. The maximum atomic E-state index is 13.2. The fourth-order valence-corrected chi connectivity index (χ4v) is 4.89. The van der Waals surface area contributed by atoms with Gasteiger partial charge in [-0.2, -0.15) is 0 Å². The third-order valence-corrected chi connectivity index (χ3v) is 6.30. The number of nitro groups is 1. The van der Waals surface area contributed by atoms with Crippen LogP contribution in [0.5, 0.6) is 5.75 Å². The summed E-state index contributed by atoms with van der Waals surface area (Å²) in [6.07, 6.45) is 4.14. The molecule has 1 fully saturated rings. The van der Waals surface area contributed by atoms with E-state index in [0.717, 1.165) is 25.7 Å². The summed E-state index contributed by atoms with van der Waals surface area (Å²) in [6.45, 7) is 0. The van der Waals surface area contributed by atoms with Gasteiger partial charge in [0.25, 0.3) is 11.2 Å². The molecule has 1 aromatic heterocycles. The maximum absolute atomic E-state index is 13.2. The first kappa shape index (κ1) is 19.4. The Labute approximate surface area is 171 Å². The molecule has 0 aliphatic heterocycles. The zero-order valence-electron chi connectivity index (χ0n) is 16.0. The van der Waals surface area contributed by atoms with Crippen molar-refractivity contribution in [3.8, 4) is 5.75 Å². The highest BCUT2D eigenvalue weighted by atomic mass is 32.2. The minimum atomic E-state index is -0.420. The molecule has 3 aromatic rings. The molecular formula is C21H21N3O4S. The molecule has 1 aliphatic rings. The standard InChI is InChI=1S/C21H21N3O4S/c1-28-19-11-10-16(24(26)27)12-14(19)13-29-21-22-18-9-5-4-8-17(18)20(25)23(21)15-6-2-3-7-15/h4-5,8-12,15H,2-3,6-7,13H2,1H3. The molecule has 0 saturated heterocycles. The second-order valence-corrected chi connectivity index (χ2v) is 8.01. The summed E-state index contributed by atoms with van der Waals surface area (Å²) >= 11 is 1.42. The van der Waals surface area contributed by atoms with Gasteiger partial charge in [0.15, 0.2) is 5.16 Å². The Morgan fingerprint density at radius 2 is 2.00 bits per heavy atom. The van der Waals surface area contributed by atoms with E-state index in [9.17, 15) is 14.9 Å². The molecule has 0 atom stereocenters. The van der Waals surface area contributed by atoms with Crippen LogP contribution >= 0.6 is 11.8 Å². The van der Waals surface area contributed by atoms with E-state index >= 15 is 0 Å². The predicted octanol–water partition coefficient (Wildman–Crippen LogP) is 4.72. The second kappa shape index (κ2) is 8.24. The molecule has 1 saturated carbocycles. The van der Waals surface area contributed by atoms with Crippen LogP contribution in [0.25, 0.3) is 10.9 Å². The highest BCUT2D eigenvalue weighted by Gasteiger charge is 2.23. The van der Waals surface area contributed by atoms with Crippen molar-refractivity contribution < 1.29 is 9.66 Å². The fourth-order valence-electron chi connectivity index (χ4n) is 3.85. The molecule has 0 unspecified atom stereocenters.